The van der Waals surface area contributed by atoms with Gasteiger partial charge in [-0.2, -0.15) is 0 Å². The second kappa shape index (κ2) is 11.2. The Hall–Kier alpha value is -1.30. The van der Waals surface area contributed by atoms with E-state index in [2.05, 4.69) is 10.1 Å². The van der Waals surface area contributed by atoms with Gasteiger partial charge < -0.3 is 20.5 Å². The highest BCUT2D eigenvalue weighted by Gasteiger charge is 2.00. The molecule has 0 saturated carbocycles. The Bertz CT molecular complexity index is 222. The van der Waals surface area contributed by atoms with Crippen molar-refractivity contribution in [2.75, 3.05) is 26.3 Å². The van der Waals surface area contributed by atoms with Crippen LogP contribution in [0.3, 0.4) is 0 Å². The summed E-state index contributed by atoms with van der Waals surface area (Å²) >= 11 is 0. The molecule has 0 aromatic carbocycles. The van der Waals surface area contributed by atoms with Crippen LogP contribution in [0, 0.1) is 0 Å². The van der Waals surface area contributed by atoms with E-state index in [1.165, 1.54) is 0 Å². The SMILES string of the molecule is CCOC(=O)CCCCCNCCOC(N)=O. The van der Waals surface area contributed by atoms with Gasteiger partial charge in [0.1, 0.15) is 6.61 Å². The number of nitrogens with two attached hydrogens (primary N) is 1. The Morgan fingerprint density at radius 3 is 2.53 bits per heavy atom. The highest BCUT2D eigenvalue weighted by molar-refractivity contribution is 5.69. The van der Waals surface area contributed by atoms with Gasteiger partial charge in [0.25, 0.3) is 0 Å². The number of primary amides is 1. The fourth-order valence-corrected chi connectivity index (χ4v) is 1.28. The summed E-state index contributed by atoms with van der Waals surface area (Å²) in [5.41, 5.74) is 4.79. The molecule has 0 aliphatic carbocycles. The summed E-state index contributed by atoms with van der Waals surface area (Å²) in [7, 11) is 0. The van der Waals surface area contributed by atoms with Crippen molar-refractivity contribution in [3.63, 3.8) is 0 Å². The minimum absolute atomic E-state index is 0.129. The maximum absolute atomic E-state index is 11.0. The van der Waals surface area contributed by atoms with Crippen molar-refractivity contribution in [3.05, 3.63) is 0 Å². The van der Waals surface area contributed by atoms with E-state index >= 15 is 0 Å². The second-order valence-electron chi connectivity index (χ2n) is 3.53. The van der Waals surface area contributed by atoms with Crippen molar-refractivity contribution in [2.24, 2.45) is 5.73 Å². The number of hydrogen-bond donors (Lipinski definition) is 2. The molecule has 0 aromatic rings. The van der Waals surface area contributed by atoms with Crippen molar-refractivity contribution in [1.29, 1.82) is 0 Å². The number of hydrogen-bond acceptors (Lipinski definition) is 5. The third-order valence-corrected chi connectivity index (χ3v) is 2.06. The van der Waals surface area contributed by atoms with Crippen LogP contribution in [-0.4, -0.2) is 38.4 Å². The monoisotopic (exact) mass is 246 g/mol. The molecule has 0 heterocycles. The first-order chi connectivity index (χ1) is 8.16. The Morgan fingerprint density at radius 1 is 1.12 bits per heavy atom. The van der Waals surface area contributed by atoms with Crippen molar-refractivity contribution in [2.45, 2.75) is 32.6 Å². The fraction of sp³-hybridized carbons (Fsp3) is 0.818. The van der Waals surface area contributed by atoms with E-state index in [1.54, 1.807) is 6.92 Å². The first kappa shape index (κ1) is 15.7. The van der Waals surface area contributed by atoms with Crippen molar-refractivity contribution in [1.82, 2.24) is 5.32 Å². The lowest BCUT2D eigenvalue weighted by atomic mass is 10.2. The maximum atomic E-state index is 11.0. The largest absolute Gasteiger partial charge is 0.466 e. The van der Waals surface area contributed by atoms with Gasteiger partial charge in [-0.1, -0.05) is 6.42 Å². The van der Waals surface area contributed by atoms with E-state index < -0.39 is 6.09 Å². The summed E-state index contributed by atoms with van der Waals surface area (Å²) < 4.78 is 9.35. The molecule has 0 aliphatic heterocycles. The smallest absolute Gasteiger partial charge is 0.404 e. The van der Waals surface area contributed by atoms with Crippen LogP contribution in [0.2, 0.25) is 0 Å². The fourth-order valence-electron chi connectivity index (χ4n) is 1.28. The van der Waals surface area contributed by atoms with Crippen LogP contribution in [0.1, 0.15) is 32.6 Å². The minimum Gasteiger partial charge on any atom is -0.466 e. The van der Waals surface area contributed by atoms with Crippen molar-refractivity contribution in [3.8, 4) is 0 Å². The molecular formula is C11H22N2O4. The first-order valence-corrected chi connectivity index (χ1v) is 5.95. The Labute approximate surface area is 102 Å². The molecule has 0 bridgehead atoms. The summed E-state index contributed by atoms with van der Waals surface area (Å²) in [6, 6.07) is 0. The quantitative estimate of drug-likeness (QED) is 0.439. The molecule has 0 rings (SSSR count). The van der Waals surface area contributed by atoms with Crippen molar-refractivity contribution >= 4 is 12.1 Å². The van der Waals surface area contributed by atoms with E-state index in [0.717, 1.165) is 25.8 Å². The molecule has 6 heteroatoms. The van der Waals surface area contributed by atoms with Crippen LogP contribution in [-0.2, 0) is 14.3 Å². The number of ether oxygens (including phenoxy) is 2. The number of unbranched alkanes of at least 4 members (excludes halogenated alkanes) is 2. The molecule has 0 aliphatic rings. The zero-order chi connectivity index (χ0) is 12.9. The number of carbonyl (C=O) groups excluding carboxylic acids is 2. The van der Waals surface area contributed by atoms with Crippen LogP contribution in [0.4, 0.5) is 4.79 Å². The zero-order valence-electron chi connectivity index (χ0n) is 10.4. The molecule has 0 aromatic heterocycles. The van der Waals surface area contributed by atoms with Gasteiger partial charge in [-0.3, -0.25) is 4.79 Å². The van der Waals surface area contributed by atoms with E-state index in [-0.39, 0.29) is 12.6 Å². The van der Waals surface area contributed by atoms with Gasteiger partial charge in [-0.15, -0.1) is 0 Å². The third-order valence-electron chi connectivity index (χ3n) is 2.06. The molecule has 3 N–H and O–H groups in total. The standard InChI is InChI=1S/C11H22N2O4/c1-2-16-10(14)6-4-3-5-7-13-8-9-17-11(12)15/h13H,2-9H2,1H3,(H2,12,15). The Morgan fingerprint density at radius 2 is 1.88 bits per heavy atom. The van der Waals surface area contributed by atoms with Gasteiger partial charge in [0.05, 0.1) is 6.61 Å². The average Bonchev–Trinajstić information content (AvgIpc) is 2.27. The normalized spacial score (nSPS) is 9.94. The average molecular weight is 246 g/mol. The van der Waals surface area contributed by atoms with E-state index in [9.17, 15) is 9.59 Å². The highest BCUT2D eigenvalue weighted by atomic mass is 16.5. The molecule has 100 valence electrons. The molecule has 0 saturated heterocycles. The molecule has 0 fully saturated rings. The van der Waals surface area contributed by atoms with Gasteiger partial charge in [0, 0.05) is 13.0 Å². The highest BCUT2D eigenvalue weighted by Crippen LogP contribution is 2.00. The van der Waals surface area contributed by atoms with Gasteiger partial charge >= 0.3 is 12.1 Å². The molecule has 0 spiro atoms. The Balaban J connectivity index is 3.08. The minimum atomic E-state index is -0.749. The lowest BCUT2D eigenvalue weighted by molar-refractivity contribution is -0.143. The van der Waals surface area contributed by atoms with Crippen LogP contribution in [0.15, 0.2) is 0 Å². The van der Waals surface area contributed by atoms with E-state index in [4.69, 9.17) is 10.5 Å². The van der Waals surface area contributed by atoms with Gasteiger partial charge in [-0.25, -0.2) is 4.79 Å². The van der Waals surface area contributed by atoms with E-state index in [0.29, 0.717) is 19.6 Å². The number of esters is 1. The Kier molecular flexibility index (Phi) is 10.3. The maximum Gasteiger partial charge on any atom is 0.404 e. The number of nitrogens with one attached hydrogen (secondary N) is 1. The molecule has 1 amide bonds. The van der Waals surface area contributed by atoms with Crippen molar-refractivity contribution < 1.29 is 19.1 Å². The van der Waals surface area contributed by atoms with Gasteiger partial charge in [0.15, 0.2) is 0 Å². The number of rotatable bonds is 10. The van der Waals surface area contributed by atoms with Gasteiger partial charge in [0.2, 0.25) is 0 Å². The molecule has 0 atom stereocenters. The zero-order valence-corrected chi connectivity index (χ0v) is 10.4. The number of carbonyl (C=O) groups is 2. The van der Waals surface area contributed by atoms with Crippen LogP contribution in [0.5, 0.6) is 0 Å². The topological polar surface area (TPSA) is 90.7 Å². The molecule has 17 heavy (non-hydrogen) atoms. The summed E-state index contributed by atoms with van der Waals surface area (Å²) in [6.07, 6.45) is 2.54. The predicted molar refractivity (Wildman–Crippen MR) is 63.5 cm³/mol. The second-order valence-corrected chi connectivity index (χ2v) is 3.53. The molecule has 0 radical (unpaired) electrons. The van der Waals surface area contributed by atoms with E-state index in [1.807, 2.05) is 0 Å². The summed E-state index contributed by atoms with van der Waals surface area (Å²) in [5, 5.41) is 3.11. The summed E-state index contributed by atoms with van der Waals surface area (Å²) in [5.74, 6) is -0.129. The number of amides is 1. The van der Waals surface area contributed by atoms with Crippen LogP contribution >= 0.6 is 0 Å². The van der Waals surface area contributed by atoms with Gasteiger partial charge in [-0.05, 0) is 26.3 Å². The molecule has 0 unspecified atom stereocenters. The third kappa shape index (κ3) is 12.6. The molecule has 6 nitrogen and oxygen atoms in total. The summed E-state index contributed by atoms with van der Waals surface area (Å²) in [4.78, 5) is 21.2. The molecular weight excluding hydrogens is 224 g/mol. The lowest BCUT2D eigenvalue weighted by Crippen LogP contribution is -2.24. The lowest BCUT2D eigenvalue weighted by Gasteiger charge is -2.04. The van der Waals surface area contributed by atoms with Crippen LogP contribution < -0.4 is 11.1 Å². The summed E-state index contributed by atoms with van der Waals surface area (Å²) in [6.45, 7) is 3.97. The predicted octanol–water partition coefficient (Wildman–Crippen LogP) is 0.795. The van der Waals surface area contributed by atoms with Crippen LogP contribution in [0.25, 0.3) is 0 Å². The first-order valence-electron chi connectivity index (χ1n) is 5.95.